The first-order valence-corrected chi connectivity index (χ1v) is 5.20. The summed E-state index contributed by atoms with van der Waals surface area (Å²) in [5.74, 6) is 0.478. The van der Waals surface area contributed by atoms with E-state index in [1.54, 1.807) is 6.07 Å². The quantitative estimate of drug-likeness (QED) is 0.604. The van der Waals surface area contributed by atoms with Gasteiger partial charge in [-0.3, -0.25) is 5.10 Å². The third-order valence-electron chi connectivity index (χ3n) is 2.47. The van der Waals surface area contributed by atoms with Crippen molar-refractivity contribution in [2.45, 2.75) is 0 Å². The molecular weight excluding hydrogens is 224 g/mol. The highest BCUT2D eigenvalue weighted by molar-refractivity contribution is 6.31. The predicted octanol–water partition coefficient (Wildman–Crippen LogP) is 2.79. The Morgan fingerprint density at radius 2 is 2.00 bits per heavy atom. The van der Waals surface area contributed by atoms with Crippen molar-refractivity contribution in [1.82, 2.24) is 15.2 Å². The predicted molar refractivity (Wildman–Crippen MR) is 65.3 cm³/mol. The van der Waals surface area contributed by atoms with E-state index in [4.69, 9.17) is 17.3 Å². The van der Waals surface area contributed by atoms with Crippen molar-refractivity contribution in [3.05, 3.63) is 35.4 Å². The van der Waals surface area contributed by atoms with Crippen LogP contribution in [-0.4, -0.2) is 15.2 Å². The number of nitrogens with zero attached hydrogens (tertiary/aromatic N) is 1. The topological polar surface area (TPSA) is 70.5 Å². The molecular formula is C11H9ClN4. The lowest BCUT2D eigenvalue weighted by Gasteiger charge is -1.90. The summed E-state index contributed by atoms with van der Waals surface area (Å²) in [4.78, 5) is 3.25. The fourth-order valence-electron chi connectivity index (χ4n) is 1.72. The van der Waals surface area contributed by atoms with Crippen LogP contribution in [0.5, 0.6) is 0 Å². The van der Waals surface area contributed by atoms with Gasteiger partial charge in [-0.05, 0) is 18.2 Å². The highest BCUT2D eigenvalue weighted by atomic mass is 35.5. The lowest BCUT2D eigenvalue weighted by atomic mass is 10.2. The zero-order valence-corrected chi connectivity index (χ0v) is 9.05. The van der Waals surface area contributed by atoms with E-state index >= 15 is 0 Å². The maximum Gasteiger partial charge on any atom is 0.145 e. The molecule has 4 nitrogen and oxygen atoms in total. The molecule has 3 aromatic rings. The number of halogens is 1. The van der Waals surface area contributed by atoms with E-state index in [1.165, 1.54) is 0 Å². The van der Waals surface area contributed by atoms with E-state index in [-0.39, 0.29) is 0 Å². The van der Waals surface area contributed by atoms with Crippen molar-refractivity contribution in [3.8, 4) is 11.4 Å². The van der Waals surface area contributed by atoms with Gasteiger partial charge in [0.1, 0.15) is 5.82 Å². The third kappa shape index (κ3) is 1.44. The number of H-pyrrole nitrogens is 2. The molecule has 16 heavy (non-hydrogen) atoms. The average molecular weight is 233 g/mol. The maximum atomic E-state index is 5.92. The fourth-order valence-corrected chi connectivity index (χ4v) is 1.89. The Morgan fingerprint density at radius 3 is 2.75 bits per heavy atom. The van der Waals surface area contributed by atoms with Crippen molar-refractivity contribution in [1.29, 1.82) is 0 Å². The summed E-state index contributed by atoms with van der Waals surface area (Å²) in [6.07, 6.45) is 0. The van der Waals surface area contributed by atoms with Crippen LogP contribution in [0.4, 0.5) is 5.82 Å². The summed E-state index contributed by atoms with van der Waals surface area (Å²) < 4.78 is 0. The number of anilines is 1. The van der Waals surface area contributed by atoms with Gasteiger partial charge >= 0.3 is 0 Å². The number of fused-ring (bicyclic) bond motifs is 1. The normalized spacial score (nSPS) is 11.1. The molecule has 0 aliphatic heterocycles. The molecule has 0 saturated heterocycles. The zero-order valence-electron chi connectivity index (χ0n) is 8.29. The first-order chi connectivity index (χ1) is 7.72. The second-order valence-corrected chi connectivity index (χ2v) is 4.06. The van der Waals surface area contributed by atoms with Gasteiger partial charge in [0.2, 0.25) is 0 Å². The van der Waals surface area contributed by atoms with Gasteiger partial charge in [-0.2, -0.15) is 5.10 Å². The molecule has 2 heterocycles. The number of benzene rings is 1. The molecule has 0 atom stereocenters. The van der Waals surface area contributed by atoms with Crippen LogP contribution in [0.1, 0.15) is 0 Å². The van der Waals surface area contributed by atoms with Gasteiger partial charge in [0.25, 0.3) is 0 Å². The number of rotatable bonds is 1. The Bertz CT molecular complexity index is 653. The van der Waals surface area contributed by atoms with Crippen molar-refractivity contribution < 1.29 is 0 Å². The highest BCUT2D eigenvalue weighted by Crippen LogP contribution is 2.25. The first kappa shape index (κ1) is 9.30. The highest BCUT2D eigenvalue weighted by Gasteiger charge is 2.05. The molecule has 3 rings (SSSR count). The Labute approximate surface area is 96.4 Å². The molecule has 0 amide bonds. The van der Waals surface area contributed by atoms with Crippen LogP contribution < -0.4 is 5.73 Å². The number of aromatic nitrogens is 3. The van der Waals surface area contributed by atoms with E-state index in [9.17, 15) is 0 Å². The molecule has 0 bridgehead atoms. The van der Waals surface area contributed by atoms with Crippen LogP contribution in [0.15, 0.2) is 30.3 Å². The Balaban J connectivity index is 2.18. The standard InChI is InChI=1S/C11H9ClN4/c12-7-2-1-6-3-9(14-8(6)4-7)10-5-11(13)16-15-10/h1-5,14H,(H3,13,15,16). The summed E-state index contributed by atoms with van der Waals surface area (Å²) in [5.41, 5.74) is 8.36. The van der Waals surface area contributed by atoms with E-state index in [0.717, 1.165) is 22.3 Å². The largest absolute Gasteiger partial charge is 0.382 e. The average Bonchev–Trinajstić information content (AvgIpc) is 2.83. The van der Waals surface area contributed by atoms with Crippen LogP contribution in [-0.2, 0) is 0 Å². The molecule has 0 radical (unpaired) electrons. The number of nitrogens with one attached hydrogen (secondary N) is 2. The Hall–Kier alpha value is -1.94. The van der Waals surface area contributed by atoms with Gasteiger partial charge in [-0.1, -0.05) is 17.7 Å². The lowest BCUT2D eigenvalue weighted by molar-refractivity contribution is 1.10. The van der Waals surface area contributed by atoms with Crippen LogP contribution in [0.3, 0.4) is 0 Å². The van der Waals surface area contributed by atoms with Gasteiger partial charge in [0.05, 0.1) is 11.4 Å². The molecule has 0 spiro atoms. The van der Waals surface area contributed by atoms with Gasteiger partial charge in [-0.25, -0.2) is 0 Å². The number of nitrogen functional groups attached to an aromatic ring is 1. The molecule has 1 aromatic carbocycles. The molecule has 5 heteroatoms. The van der Waals surface area contributed by atoms with E-state index in [0.29, 0.717) is 10.8 Å². The number of aromatic amines is 2. The zero-order chi connectivity index (χ0) is 11.1. The minimum absolute atomic E-state index is 0.478. The molecule has 0 saturated carbocycles. The monoisotopic (exact) mass is 232 g/mol. The van der Waals surface area contributed by atoms with Gasteiger partial charge < -0.3 is 10.7 Å². The minimum Gasteiger partial charge on any atom is -0.382 e. The smallest absolute Gasteiger partial charge is 0.145 e. The summed E-state index contributed by atoms with van der Waals surface area (Å²) >= 11 is 5.92. The van der Waals surface area contributed by atoms with Crippen molar-refractivity contribution in [3.63, 3.8) is 0 Å². The summed E-state index contributed by atoms with van der Waals surface area (Å²) in [6, 6.07) is 9.53. The van der Waals surface area contributed by atoms with Crippen LogP contribution in [0, 0.1) is 0 Å². The first-order valence-electron chi connectivity index (χ1n) is 4.82. The molecule has 2 aromatic heterocycles. The van der Waals surface area contributed by atoms with E-state index in [1.807, 2.05) is 24.3 Å². The van der Waals surface area contributed by atoms with Crippen molar-refractivity contribution >= 4 is 28.3 Å². The molecule has 0 aliphatic carbocycles. The van der Waals surface area contributed by atoms with Gasteiger partial charge in [-0.15, -0.1) is 0 Å². The van der Waals surface area contributed by atoms with Crippen molar-refractivity contribution in [2.75, 3.05) is 5.73 Å². The van der Waals surface area contributed by atoms with Gasteiger partial charge in [0, 0.05) is 22.0 Å². The van der Waals surface area contributed by atoms with E-state index < -0.39 is 0 Å². The summed E-state index contributed by atoms with van der Waals surface area (Å²) in [6.45, 7) is 0. The third-order valence-corrected chi connectivity index (χ3v) is 2.71. The van der Waals surface area contributed by atoms with Crippen LogP contribution >= 0.6 is 11.6 Å². The number of hydrogen-bond acceptors (Lipinski definition) is 2. The minimum atomic E-state index is 0.478. The molecule has 80 valence electrons. The SMILES string of the molecule is Nc1cc(-c2cc3ccc(Cl)cc3[nH]2)[nH]n1. The molecule has 4 N–H and O–H groups in total. The lowest BCUT2D eigenvalue weighted by Crippen LogP contribution is -1.81. The second-order valence-electron chi connectivity index (χ2n) is 3.62. The van der Waals surface area contributed by atoms with E-state index in [2.05, 4.69) is 15.2 Å². The van der Waals surface area contributed by atoms with Gasteiger partial charge in [0.15, 0.2) is 0 Å². The molecule has 0 fully saturated rings. The van der Waals surface area contributed by atoms with Crippen LogP contribution in [0.2, 0.25) is 5.02 Å². The summed E-state index contributed by atoms with van der Waals surface area (Å²) in [5, 5.41) is 8.56. The van der Waals surface area contributed by atoms with Crippen molar-refractivity contribution in [2.24, 2.45) is 0 Å². The fraction of sp³-hybridized carbons (Fsp3) is 0. The van der Waals surface area contributed by atoms with Crippen LogP contribution in [0.25, 0.3) is 22.3 Å². The summed E-state index contributed by atoms with van der Waals surface area (Å²) in [7, 11) is 0. The maximum absolute atomic E-state index is 5.92. The second kappa shape index (κ2) is 3.28. The molecule has 0 aliphatic rings. The number of hydrogen-bond donors (Lipinski definition) is 3. The Morgan fingerprint density at radius 1 is 1.12 bits per heavy atom. The number of nitrogens with two attached hydrogens (primary N) is 1. The molecule has 0 unspecified atom stereocenters. The Kier molecular flexibility index (Phi) is 1.91.